The van der Waals surface area contributed by atoms with Gasteiger partial charge in [0, 0.05) is 5.75 Å². The molecule has 2 aliphatic heterocycles. The molecule has 2 heterocycles. The lowest BCUT2D eigenvalue weighted by molar-refractivity contribution is 0.171. The summed E-state index contributed by atoms with van der Waals surface area (Å²) in [7, 11) is 0. The van der Waals surface area contributed by atoms with E-state index in [0.717, 1.165) is 22.8 Å². The summed E-state index contributed by atoms with van der Waals surface area (Å²) in [6, 6.07) is 5.97. The number of ether oxygens (including phenoxy) is 2. The topological polar surface area (TPSA) is 47.6 Å². The molecule has 0 aromatic heterocycles. The maximum atomic E-state index is 11.0. The summed E-state index contributed by atoms with van der Waals surface area (Å²) < 4.78 is 11.0. The largest absolute Gasteiger partial charge is 0.486 e. The Kier molecular flexibility index (Phi) is 3.15. The zero-order valence-corrected chi connectivity index (χ0v) is 10.5. The summed E-state index contributed by atoms with van der Waals surface area (Å²) in [4.78, 5) is 11.0. The molecule has 3 rings (SSSR count). The van der Waals surface area contributed by atoms with Gasteiger partial charge in [-0.2, -0.15) is 0 Å². The van der Waals surface area contributed by atoms with Gasteiger partial charge in [0.05, 0.1) is 6.04 Å². The van der Waals surface area contributed by atoms with Crippen LogP contribution in [-0.4, -0.2) is 30.2 Å². The lowest BCUT2D eigenvalue weighted by Crippen LogP contribution is -2.23. The second-order valence-electron chi connectivity index (χ2n) is 4.11. The molecule has 1 aromatic rings. The van der Waals surface area contributed by atoms with Crippen molar-refractivity contribution >= 4 is 23.1 Å². The Hall–Kier alpha value is -1.62. The van der Waals surface area contributed by atoms with Crippen LogP contribution in [0.3, 0.4) is 0 Å². The molecule has 0 spiro atoms. The van der Waals surface area contributed by atoms with Crippen LogP contribution in [0, 0.1) is 0 Å². The smallest absolute Gasteiger partial charge is 0.279 e. The predicted octanol–water partition coefficient (Wildman–Crippen LogP) is 2.30. The Morgan fingerprint density at radius 2 is 2.11 bits per heavy atom. The summed E-state index contributed by atoms with van der Waals surface area (Å²) in [5.41, 5.74) is 1.05. The molecule has 1 fully saturated rings. The van der Waals surface area contributed by atoms with Gasteiger partial charge < -0.3 is 14.8 Å². The molecule has 2 aliphatic rings. The van der Waals surface area contributed by atoms with E-state index in [4.69, 9.17) is 9.47 Å². The van der Waals surface area contributed by atoms with Crippen LogP contribution in [0.15, 0.2) is 24.3 Å². The minimum Gasteiger partial charge on any atom is -0.486 e. The van der Waals surface area contributed by atoms with E-state index in [1.54, 1.807) is 0 Å². The third-order valence-electron chi connectivity index (χ3n) is 2.78. The van der Waals surface area contributed by atoms with Gasteiger partial charge >= 0.3 is 0 Å². The van der Waals surface area contributed by atoms with E-state index >= 15 is 0 Å². The molecule has 0 aliphatic carbocycles. The van der Waals surface area contributed by atoms with Crippen molar-refractivity contribution in [1.29, 1.82) is 0 Å². The van der Waals surface area contributed by atoms with Crippen molar-refractivity contribution in [3.05, 3.63) is 29.8 Å². The van der Waals surface area contributed by atoms with Crippen molar-refractivity contribution < 1.29 is 14.3 Å². The second kappa shape index (κ2) is 4.94. The van der Waals surface area contributed by atoms with Gasteiger partial charge in [0.25, 0.3) is 5.24 Å². The minimum absolute atomic E-state index is 0.0480. The van der Waals surface area contributed by atoms with Gasteiger partial charge in [0.1, 0.15) is 13.2 Å². The van der Waals surface area contributed by atoms with E-state index in [9.17, 15) is 4.79 Å². The van der Waals surface area contributed by atoms with Crippen LogP contribution in [0.1, 0.15) is 5.56 Å². The van der Waals surface area contributed by atoms with E-state index in [1.807, 2.05) is 30.4 Å². The monoisotopic (exact) mass is 263 g/mol. The summed E-state index contributed by atoms with van der Waals surface area (Å²) in [6.45, 7) is 1.20. The highest BCUT2D eigenvalue weighted by molar-refractivity contribution is 8.14. The second-order valence-corrected chi connectivity index (χ2v) is 5.10. The number of amides is 1. The third kappa shape index (κ3) is 2.46. The highest BCUT2D eigenvalue weighted by Gasteiger charge is 2.18. The molecule has 0 saturated carbocycles. The zero-order chi connectivity index (χ0) is 12.4. The highest BCUT2D eigenvalue weighted by atomic mass is 32.2. The lowest BCUT2D eigenvalue weighted by Gasteiger charge is -2.18. The highest BCUT2D eigenvalue weighted by Crippen LogP contribution is 2.31. The molecule has 0 bridgehead atoms. The van der Waals surface area contributed by atoms with Crippen LogP contribution in [0.25, 0.3) is 6.08 Å². The summed E-state index contributed by atoms with van der Waals surface area (Å²) >= 11 is 1.32. The number of hydrogen-bond donors (Lipinski definition) is 1. The standard InChI is InChI=1S/C13H13NO3S/c15-13-14-10(8-18-13)3-1-9-2-4-11-12(7-9)17-6-5-16-11/h1-4,7,10H,5-6,8H2,(H,14,15)/b3-1+/t10-/m1/s1. The van der Waals surface area contributed by atoms with Crippen molar-refractivity contribution in [2.24, 2.45) is 0 Å². The average Bonchev–Trinajstić information content (AvgIpc) is 2.82. The Morgan fingerprint density at radius 1 is 1.28 bits per heavy atom. The van der Waals surface area contributed by atoms with Crippen LogP contribution >= 0.6 is 11.8 Å². The van der Waals surface area contributed by atoms with Gasteiger partial charge in [-0.25, -0.2) is 0 Å². The Morgan fingerprint density at radius 3 is 2.89 bits per heavy atom. The van der Waals surface area contributed by atoms with Crippen molar-refractivity contribution in [2.75, 3.05) is 19.0 Å². The molecular formula is C13H13NO3S. The molecule has 4 nitrogen and oxygen atoms in total. The SMILES string of the molecule is O=C1N[C@H](/C=C/c2ccc3c(c2)OCCO3)CS1. The molecule has 1 saturated heterocycles. The first-order chi connectivity index (χ1) is 8.81. The third-order valence-corrected chi connectivity index (χ3v) is 3.69. The molecule has 1 amide bonds. The molecule has 5 heteroatoms. The number of rotatable bonds is 2. The maximum absolute atomic E-state index is 11.0. The minimum atomic E-state index is 0.0480. The van der Waals surface area contributed by atoms with E-state index in [-0.39, 0.29) is 11.3 Å². The molecule has 0 unspecified atom stereocenters. The molecule has 1 N–H and O–H groups in total. The fourth-order valence-corrected chi connectivity index (χ4v) is 2.65. The molecule has 18 heavy (non-hydrogen) atoms. The van der Waals surface area contributed by atoms with Crippen LogP contribution in [0.2, 0.25) is 0 Å². The van der Waals surface area contributed by atoms with Crippen LogP contribution < -0.4 is 14.8 Å². The first-order valence-electron chi connectivity index (χ1n) is 5.82. The van der Waals surface area contributed by atoms with E-state index in [0.29, 0.717) is 13.2 Å². The normalized spacial score (nSPS) is 22.2. The van der Waals surface area contributed by atoms with Gasteiger partial charge in [-0.15, -0.1) is 0 Å². The summed E-state index contributed by atoms with van der Waals surface area (Å²) in [5.74, 6) is 2.37. The van der Waals surface area contributed by atoms with Crippen molar-refractivity contribution in [2.45, 2.75) is 6.04 Å². The molecule has 1 aromatic carbocycles. The van der Waals surface area contributed by atoms with Crippen LogP contribution in [-0.2, 0) is 0 Å². The number of nitrogens with one attached hydrogen (secondary N) is 1. The maximum Gasteiger partial charge on any atom is 0.279 e. The Labute approximate surface area is 109 Å². The van der Waals surface area contributed by atoms with E-state index in [2.05, 4.69) is 5.32 Å². The van der Waals surface area contributed by atoms with Gasteiger partial charge in [0.2, 0.25) is 0 Å². The van der Waals surface area contributed by atoms with Gasteiger partial charge in [-0.05, 0) is 17.7 Å². The Bertz CT molecular complexity index is 501. The van der Waals surface area contributed by atoms with Crippen LogP contribution in [0.4, 0.5) is 4.79 Å². The first kappa shape index (κ1) is 11.5. The predicted molar refractivity (Wildman–Crippen MR) is 71.2 cm³/mol. The number of benzene rings is 1. The lowest BCUT2D eigenvalue weighted by atomic mass is 10.1. The number of carbonyl (C=O) groups is 1. The number of carbonyl (C=O) groups excluding carboxylic acids is 1. The Balaban J connectivity index is 1.72. The number of thioether (sulfide) groups is 1. The molecule has 1 atom stereocenters. The van der Waals surface area contributed by atoms with E-state index < -0.39 is 0 Å². The average molecular weight is 263 g/mol. The molecular weight excluding hydrogens is 250 g/mol. The molecule has 0 radical (unpaired) electrons. The number of fused-ring (bicyclic) bond motifs is 1. The summed E-state index contributed by atoms with van der Waals surface area (Å²) in [6.07, 6.45) is 4.00. The van der Waals surface area contributed by atoms with Gasteiger partial charge in [-0.1, -0.05) is 30.0 Å². The quantitative estimate of drug-likeness (QED) is 0.889. The van der Waals surface area contributed by atoms with Gasteiger partial charge in [-0.3, -0.25) is 4.79 Å². The fraction of sp³-hybridized carbons (Fsp3) is 0.308. The van der Waals surface area contributed by atoms with E-state index in [1.165, 1.54) is 11.8 Å². The number of hydrogen-bond acceptors (Lipinski definition) is 4. The van der Waals surface area contributed by atoms with Crippen molar-refractivity contribution in [3.8, 4) is 11.5 Å². The van der Waals surface area contributed by atoms with Crippen molar-refractivity contribution in [3.63, 3.8) is 0 Å². The van der Waals surface area contributed by atoms with Crippen LogP contribution in [0.5, 0.6) is 11.5 Å². The summed E-state index contributed by atoms with van der Waals surface area (Å²) in [5, 5.41) is 2.92. The van der Waals surface area contributed by atoms with Crippen molar-refractivity contribution in [1.82, 2.24) is 5.32 Å². The molecule has 94 valence electrons. The van der Waals surface area contributed by atoms with Gasteiger partial charge in [0.15, 0.2) is 11.5 Å². The first-order valence-corrected chi connectivity index (χ1v) is 6.81. The fourth-order valence-electron chi connectivity index (χ4n) is 1.89. The zero-order valence-electron chi connectivity index (χ0n) is 9.72.